The van der Waals surface area contributed by atoms with E-state index in [0.29, 0.717) is 6.42 Å². The summed E-state index contributed by atoms with van der Waals surface area (Å²) in [6.07, 6.45) is 2.42. The first-order valence-electron chi connectivity index (χ1n) is 5.73. The predicted octanol–water partition coefficient (Wildman–Crippen LogP) is 3.25. The minimum atomic E-state index is -0.553. The van der Waals surface area contributed by atoms with Crippen LogP contribution < -0.4 is 5.32 Å². The van der Waals surface area contributed by atoms with Crippen LogP contribution in [0.25, 0.3) is 0 Å². The van der Waals surface area contributed by atoms with Crippen LogP contribution in [0, 0.1) is 22.7 Å². The molecule has 3 heteroatoms. The number of nitrogens with zero attached hydrogens (tertiary/aromatic N) is 2. The molecule has 0 unspecified atom stereocenters. The van der Waals surface area contributed by atoms with Crippen LogP contribution in [0.15, 0.2) is 24.3 Å². The highest BCUT2D eigenvalue weighted by molar-refractivity contribution is 5.48. The first kappa shape index (κ1) is 13.1. The van der Waals surface area contributed by atoms with Crippen LogP contribution in [0.2, 0.25) is 0 Å². The summed E-state index contributed by atoms with van der Waals surface area (Å²) in [5.74, 6) is 0. The maximum absolute atomic E-state index is 8.91. The number of hydrogen-bond donors (Lipinski definition) is 1. The fourth-order valence-electron chi connectivity index (χ4n) is 1.52. The van der Waals surface area contributed by atoms with E-state index in [1.807, 2.05) is 38.1 Å². The fraction of sp³-hybridized carbons (Fsp3) is 0.429. The van der Waals surface area contributed by atoms with E-state index >= 15 is 0 Å². The van der Waals surface area contributed by atoms with Gasteiger partial charge in [-0.15, -0.1) is 0 Å². The van der Waals surface area contributed by atoms with Gasteiger partial charge in [0.2, 0.25) is 0 Å². The molecule has 0 aliphatic rings. The molecule has 0 amide bonds. The first-order chi connectivity index (χ1) is 8.07. The molecule has 0 saturated heterocycles. The molecule has 0 aromatic heterocycles. The van der Waals surface area contributed by atoms with Crippen LogP contribution in [0.1, 0.15) is 32.3 Å². The molecular formula is C14H17N3. The van der Waals surface area contributed by atoms with E-state index in [1.54, 1.807) is 0 Å². The molecular weight excluding hydrogens is 210 g/mol. The van der Waals surface area contributed by atoms with Crippen molar-refractivity contribution in [3.8, 4) is 12.1 Å². The van der Waals surface area contributed by atoms with Gasteiger partial charge in [0, 0.05) is 12.1 Å². The van der Waals surface area contributed by atoms with Gasteiger partial charge in [-0.25, -0.2) is 0 Å². The quantitative estimate of drug-likeness (QED) is 0.785. The molecule has 0 bridgehead atoms. The molecule has 0 aliphatic carbocycles. The van der Waals surface area contributed by atoms with Gasteiger partial charge in [-0.1, -0.05) is 12.1 Å². The Bertz CT molecular complexity index is 432. The monoisotopic (exact) mass is 227 g/mol. The lowest BCUT2D eigenvalue weighted by molar-refractivity contribution is 0.728. The summed E-state index contributed by atoms with van der Waals surface area (Å²) < 4.78 is 0. The highest BCUT2D eigenvalue weighted by Gasteiger charge is 2.15. The highest BCUT2D eigenvalue weighted by Crippen LogP contribution is 2.16. The third-order valence-corrected chi connectivity index (χ3v) is 2.44. The van der Waals surface area contributed by atoms with Gasteiger partial charge in [-0.3, -0.25) is 0 Å². The van der Waals surface area contributed by atoms with Gasteiger partial charge in [0.05, 0.1) is 12.1 Å². The minimum absolute atomic E-state index is 0.553. The second kappa shape index (κ2) is 5.92. The van der Waals surface area contributed by atoms with E-state index in [4.69, 9.17) is 10.5 Å². The normalized spacial score (nSPS) is 10.4. The zero-order valence-corrected chi connectivity index (χ0v) is 10.3. The van der Waals surface area contributed by atoms with Gasteiger partial charge in [0.1, 0.15) is 5.54 Å². The Kier molecular flexibility index (Phi) is 4.55. The molecule has 0 spiro atoms. The standard InChI is InChI=1S/C14H17N3/c1-14(2,11-16)17-13-8-6-12(7-9-13)5-3-4-10-15/h6-9,17H,3-5H2,1-2H3. The number of unbranched alkanes of at least 4 members (excludes halogenated alkanes) is 1. The molecule has 0 atom stereocenters. The molecule has 0 fully saturated rings. The van der Waals surface area contributed by atoms with Crippen molar-refractivity contribution in [2.24, 2.45) is 0 Å². The lowest BCUT2D eigenvalue weighted by Crippen LogP contribution is -2.28. The zero-order valence-electron chi connectivity index (χ0n) is 10.3. The number of nitriles is 2. The Balaban J connectivity index is 2.57. The van der Waals surface area contributed by atoms with Crippen molar-refractivity contribution in [1.29, 1.82) is 10.5 Å². The number of benzene rings is 1. The average molecular weight is 227 g/mol. The molecule has 1 N–H and O–H groups in total. The molecule has 0 radical (unpaired) electrons. The summed E-state index contributed by atoms with van der Waals surface area (Å²) in [5, 5.41) is 20.5. The Labute approximate surface area is 103 Å². The van der Waals surface area contributed by atoms with Crippen LogP contribution in [-0.4, -0.2) is 5.54 Å². The molecule has 0 saturated carbocycles. The van der Waals surface area contributed by atoms with E-state index in [-0.39, 0.29) is 0 Å². The molecule has 1 aromatic rings. The second-order valence-corrected chi connectivity index (χ2v) is 4.57. The number of rotatable bonds is 5. The van der Waals surface area contributed by atoms with Gasteiger partial charge in [-0.2, -0.15) is 10.5 Å². The second-order valence-electron chi connectivity index (χ2n) is 4.57. The first-order valence-corrected chi connectivity index (χ1v) is 5.73. The van der Waals surface area contributed by atoms with Gasteiger partial charge in [0.25, 0.3) is 0 Å². The number of hydrogen-bond acceptors (Lipinski definition) is 3. The van der Waals surface area contributed by atoms with Crippen molar-refractivity contribution in [2.75, 3.05) is 5.32 Å². The Morgan fingerprint density at radius 2 is 1.82 bits per heavy atom. The average Bonchev–Trinajstić information content (AvgIpc) is 2.31. The van der Waals surface area contributed by atoms with Crippen LogP contribution in [0.5, 0.6) is 0 Å². The number of nitrogens with one attached hydrogen (secondary N) is 1. The summed E-state index contributed by atoms with van der Waals surface area (Å²) in [7, 11) is 0. The van der Waals surface area contributed by atoms with E-state index in [1.165, 1.54) is 5.56 Å². The van der Waals surface area contributed by atoms with Gasteiger partial charge in [0.15, 0.2) is 0 Å². The van der Waals surface area contributed by atoms with E-state index < -0.39 is 5.54 Å². The zero-order chi connectivity index (χ0) is 12.7. The van der Waals surface area contributed by atoms with Crippen molar-refractivity contribution in [3.63, 3.8) is 0 Å². The van der Waals surface area contributed by atoms with Gasteiger partial charge >= 0.3 is 0 Å². The van der Waals surface area contributed by atoms with E-state index in [2.05, 4.69) is 17.5 Å². The fourth-order valence-corrected chi connectivity index (χ4v) is 1.52. The van der Waals surface area contributed by atoms with Crippen LogP contribution in [-0.2, 0) is 6.42 Å². The van der Waals surface area contributed by atoms with Crippen molar-refractivity contribution in [2.45, 2.75) is 38.6 Å². The number of aryl methyl sites for hydroxylation is 1. The van der Waals surface area contributed by atoms with E-state index in [9.17, 15) is 0 Å². The maximum Gasteiger partial charge on any atom is 0.119 e. The van der Waals surface area contributed by atoms with Crippen molar-refractivity contribution in [1.82, 2.24) is 0 Å². The SMILES string of the molecule is CC(C)(C#N)Nc1ccc(CCCC#N)cc1. The molecule has 1 aromatic carbocycles. The summed E-state index contributed by atoms with van der Waals surface area (Å²) >= 11 is 0. The van der Waals surface area contributed by atoms with E-state index in [0.717, 1.165) is 18.5 Å². The lowest BCUT2D eigenvalue weighted by atomic mass is 10.1. The molecule has 0 aliphatic heterocycles. The van der Waals surface area contributed by atoms with Gasteiger partial charge in [-0.05, 0) is 44.4 Å². The van der Waals surface area contributed by atoms with Crippen LogP contribution in [0.4, 0.5) is 5.69 Å². The van der Waals surface area contributed by atoms with Crippen molar-refractivity contribution >= 4 is 5.69 Å². The third kappa shape index (κ3) is 4.57. The smallest absolute Gasteiger partial charge is 0.119 e. The lowest BCUT2D eigenvalue weighted by Gasteiger charge is -2.19. The topological polar surface area (TPSA) is 59.6 Å². The highest BCUT2D eigenvalue weighted by atomic mass is 15.0. The number of anilines is 1. The minimum Gasteiger partial charge on any atom is -0.368 e. The Hall–Kier alpha value is -2.00. The summed E-state index contributed by atoms with van der Waals surface area (Å²) in [4.78, 5) is 0. The molecule has 17 heavy (non-hydrogen) atoms. The summed E-state index contributed by atoms with van der Waals surface area (Å²) in [6.45, 7) is 3.68. The summed E-state index contributed by atoms with van der Waals surface area (Å²) in [5.41, 5.74) is 1.61. The van der Waals surface area contributed by atoms with Crippen LogP contribution in [0.3, 0.4) is 0 Å². The molecule has 0 heterocycles. The van der Waals surface area contributed by atoms with Crippen LogP contribution >= 0.6 is 0 Å². The van der Waals surface area contributed by atoms with Crippen molar-refractivity contribution in [3.05, 3.63) is 29.8 Å². The summed E-state index contributed by atoms with van der Waals surface area (Å²) in [6, 6.07) is 12.4. The Morgan fingerprint density at radius 1 is 1.18 bits per heavy atom. The van der Waals surface area contributed by atoms with Crippen molar-refractivity contribution < 1.29 is 0 Å². The largest absolute Gasteiger partial charge is 0.368 e. The predicted molar refractivity (Wildman–Crippen MR) is 68.3 cm³/mol. The molecule has 88 valence electrons. The third-order valence-electron chi connectivity index (χ3n) is 2.44. The Morgan fingerprint density at radius 3 is 2.35 bits per heavy atom. The molecule has 3 nitrogen and oxygen atoms in total. The maximum atomic E-state index is 8.91. The van der Waals surface area contributed by atoms with Gasteiger partial charge < -0.3 is 5.32 Å². The molecule has 1 rings (SSSR count).